The lowest BCUT2D eigenvalue weighted by Crippen LogP contribution is -2.33. The van der Waals surface area contributed by atoms with E-state index < -0.39 is 0 Å². The molecule has 1 N–H and O–H groups in total. The van der Waals surface area contributed by atoms with Crippen LogP contribution >= 0.6 is 0 Å². The first-order valence-electron chi connectivity index (χ1n) is 11.3. The summed E-state index contributed by atoms with van der Waals surface area (Å²) in [5.41, 5.74) is 4.13. The number of carbonyl (C=O) groups excluding carboxylic acids is 1. The minimum atomic E-state index is -0.0433. The second-order valence-electron chi connectivity index (χ2n) is 8.35. The lowest BCUT2D eigenvalue weighted by Gasteiger charge is -2.22. The molecule has 3 aromatic rings. The molecule has 2 aromatic carbocycles. The molecule has 0 aliphatic carbocycles. The Kier molecular flexibility index (Phi) is 7.12. The maximum absolute atomic E-state index is 13.3. The van der Waals surface area contributed by atoms with Gasteiger partial charge in [0.1, 0.15) is 17.7 Å². The molecule has 4 rings (SSSR count). The van der Waals surface area contributed by atoms with Gasteiger partial charge < -0.3 is 15.1 Å². The SMILES string of the molecule is CNCCC(CCc1cccc(N2CCN(C)c3ncncc3C2=O)c1)c1ccccc1. The average molecular weight is 430 g/mol. The molecule has 0 bridgehead atoms. The first-order valence-corrected chi connectivity index (χ1v) is 11.3. The van der Waals surface area contributed by atoms with Gasteiger partial charge in [-0.3, -0.25) is 4.79 Å². The molecule has 1 aliphatic rings. The molecule has 1 unspecified atom stereocenters. The predicted molar refractivity (Wildman–Crippen MR) is 129 cm³/mol. The van der Waals surface area contributed by atoms with Crippen molar-refractivity contribution < 1.29 is 4.79 Å². The van der Waals surface area contributed by atoms with Crippen LogP contribution in [0.5, 0.6) is 0 Å². The molecule has 0 saturated heterocycles. The van der Waals surface area contributed by atoms with Crippen molar-refractivity contribution in [2.75, 3.05) is 43.5 Å². The Morgan fingerprint density at radius 1 is 1.06 bits per heavy atom. The highest BCUT2D eigenvalue weighted by Gasteiger charge is 2.27. The summed E-state index contributed by atoms with van der Waals surface area (Å²) in [6.07, 6.45) is 6.26. The molecule has 32 heavy (non-hydrogen) atoms. The smallest absolute Gasteiger partial charge is 0.263 e. The Morgan fingerprint density at radius 2 is 1.91 bits per heavy atom. The number of aryl methyl sites for hydroxylation is 1. The molecule has 6 heteroatoms. The first-order chi connectivity index (χ1) is 15.7. The van der Waals surface area contributed by atoms with Gasteiger partial charge in [-0.25, -0.2) is 9.97 Å². The van der Waals surface area contributed by atoms with E-state index in [0.29, 0.717) is 23.8 Å². The van der Waals surface area contributed by atoms with Crippen LogP contribution in [-0.2, 0) is 6.42 Å². The molecule has 1 aromatic heterocycles. The van der Waals surface area contributed by atoms with Crippen LogP contribution < -0.4 is 15.1 Å². The van der Waals surface area contributed by atoms with Crippen LogP contribution in [0.3, 0.4) is 0 Å². The van der Waals surface area contributed by atoms with Gasteiger partial charge in [0, 0.05) is 32.0 Å². The third-order valence-corrected chi connectivity index (χ3v) is 6.20. The molecule has 6 nitrogen and oxygen atoms in total. The molecule has 2 heterocycles. The highest BCUT2D eigenvalue weighted by atomic mass is 16.2. The minimum absolute atomic E-state index is 0.0433. The number of fused-ring (bicyclic) bond motifs is 1. The molecule has 1 amide bonds. The number of nitrogens with one attached hydrogen (secondary N) is 1. The summed E-state index contributed by atoms with van der Waals surface area (Å²) in [7, 11) is 3.97. The Hall–Kier alpha value is -3.25. The number of amides is 1. The summed E-state index contributed by atoms with van der Waals surface area (Å²) in [6, 6.07) is 19.2. The van der Waals surface area contributed by atoms with E-state index in [4.69, 9.17) is 0 Å². The lowest BCUT2D eigenvalue weighted by atomic mass is 9.89. The van der Waals surface area contributed by atoms with Crippen LogP contribution in [0.1, 0.15) is 40.2 Å². The van der Waals surface area contributed by atoms with Crippen molar-refractivity contribution in [1.29, 1.82) is 0 Å². The van der Waals surface area contributed by atoms with E-state index >= 15 is 0 Å². The molecular weight excluding hydrogens is 398 g/mol. The molecule has 1 aliphatic heterocycles. The van der Waals surface area contributed by atoms with Gasteiger partial charge in [0.25, 0.3) is 5.91 Å². The van der Waals surface area contributed by atoms with Crippen molar-refractivity contribution in [3.8, 4) is 0 Å². The van der Waals surface area contributed by atoms with Gasteiger partial charge in [-0.1, -0.05) is 42.5 Å². The molecule has 1 atom stereocenters. The number of carbonyl (C=O) groups is 1. The Balaban J connectivity index is 1.51. The van der Waals surface area contributed by atoms with Crippen LogP contribution in [0.15, 0.2) is 67.1 Å². The fourth-order valence-corrected chi connectivity index (χ4v) is 4.37. The van der Waals surface area contributed by atoms with Crippen LogP contribution in [-0.4, -0.2) is 49.6 Å². The molecule has 0 radical (unpaired) electrons. The van der Waals surface area contributed by atoms with Crippen molar-refractivity contribution in [3.63, 3.8) is 0 Å². The first kappa shape index (κ1) is 22.0. The maximum atomic E-state index is 13.3. The summed E-state index contributed by atoms with van der Waals surface area (Å²) in [4.78, 5) is 25.5. The molecular formula is C26H31N5O. The van der Waals surface area contributed by atoms with Gasteiger partial charge in [-0.05, 0) is 62.0 Å². The van der Waals surface area contributed by atoms with Crippen LogP contribution in [0.25, 0.3) is 0 Å². The third-order valence-electron chi connectivity index (χ3n) is 6.20. The van der Waals surface area contributed by atoms with Crippen LogP contribution in [0.4, 0.5) is 11.5 Å². The van der Waals surface area contributed by atoms with Gasteiger partial charge in [-0.15, -0.1) is 0 Å². The number of likely N-dealkylation sites (N-methyl/N-ethyl adjacent to an activating group) is 1. The van der Waals surface area contributed by atoms with Gasteiger partial charge in [-0.2, -0.15) is 0 Å². The highest BCUT2D eigenvalue weighted by Crippen LogP contribution is 2.28. The van der Waals surface area contributed by atoms with Gasteiger partial charge in [0.05, 0.1) is 0 Å². The van der Waals surface area contributed by atoms with Crippen LogP contribution in [0, 0.1) is 0 Å². The number of hydrogen-bond acceptors (Lipinski definition) is 5. The second kappa shape index (κ2) is 10.4. The lowest BCUT2D eigenvalue weighted by molar-refractivity contribution is 0.0989. The average Bonchev–Trinajstić information content (AvgIpc) is 2.96. The number of hydrogen-bond donors (Lipinski definition) is 1. The van der Waals surface area contributed by atoms with Gasteiger partial charge in [0.2, 0.25) is 0 Å². The summed E-state index contributed by atoms with van der Waals surface area (Å²) in [5.74, 6) is 1.15. The van der Waals surface area contributed by atoms with Gasteiger partial charge >= 0.3 is 0 Å². The quantitative estimate of drug-likeness (QED) is 0.589. The van der Waals surface area contributed by atoms with Crippen molar-refractivity contribution >= 4 is 17.4 Å². The zero-order chi connectivity index (χ0) is 22.3. The van der Waals surface area contributed by atoms with Crippen LogP contribution in [0.2, 0.25) is 0 Å². The summed E-state index contributed by atoms with van der Waals surface area (Å²) in [6.45, 7) is 2.33. The number of rotatable bonds is 8. The van der Waals surface area contributed by atoms with Crippen molar-refractivity contribution in [2.24, 2.45) is 0 Å². The summed E-state index contributed by atoms with van der Waals surface area (Å²) in [5, 5.41) is 3.28. The van der Waals surface area contributed by atoms with E-state index in [9.17, 15) is 4.79 Å². The molecule has 0 saturated carbocycles. The number of nitrogens with zero attached hydrogens (tertiary/aromatic N) is 4. The topological polar surface area (TPSA) is 61.4 Å². The monoisotopic (exact) mass is 429 g/mol. The van der Waals surface area contributed by atoms with E-state index in [1.165, 1.54) is 17.5 Å². The Morgan fingerprint density at radius 3 is 2.72 bits per heavy atom. The normalized spacial score (nSPS) is 14.8. The Bertz CT molecular complexity index is 1040. The van der Waals surface area contributed by atoms with E-state index in [0.717, 1.165) is 38.0 Å². The molecule has 166 valence electrons. The van der Waals surface area contributed by atoms with E-state index in [-0.39, 0.29) is 5.91 Å². The number of anilines is 2. The zero-order valence-corrected chi connectivity index (χ0v) is 18.9. The van der Waals surface area contributed by atoms with Crippen molar-refractivity contribution in [3.05, 3.63) is 83.8 Å². The summed E-state index contributed by atoms with van der Waals surface area (Å²) >= 11 is 0. The third kappa shape index (κ3) is 4.97. The Labute approximate surface area is 190 Å². The number of aromatic nitrogens is 2. The predicted octanol–water partition coefficient (Wildman–Crippen LogP) is 3.90. The van der Waals surface area contributed by atoms with Gasteiger partial charge in [0.15, 0.2) is 0 Å². The standard InChI is InChI=1S/C26H31N5O/c1-27-14-13-22(21-8-4-3-5-9-21)12-11-20-7-6-10-23(17-20)31-16-15-30(2)25-24(26(31)32)18-28-19-29-25/h3-10,17-19,22,27H,11-16H2,1-2H3. The second-order valence-corrected chi connectivity index (χ2v) is 8.35. The fourth-order valence-electron chi connectivity index (χ4n) is 4.37. The molecule has 0 fully saturated rings. The summed E-state index contributed by atoms with van der Waals surface area (Å²) < 4.78 is 0. The number of benzene rings is 2. The largest absolute Gasteiger partial charge is 0.357 e. The fraction of sp³-hybridized carbons (Fsp3) is 0.346. The molecule has 0 spiro atoms. The van der Waals surface area contributed by atoms with E-state index in [2.05, 4.69) is 63.8 Å². The highest BCUT2D eigenvalue weighted by molar-refractivity contribution is 6.09. The maximum Gasteiger partial charge on any atom is 0.263 e. The minimum Gasteiger partial charge on any atom is -0.357 e. The van der Waals surface area contributed by atoms with Crippen molar-refractivity contribution in [1.82, 2.24) is 15.3 Å². The zero-order valence-electron chi connectivity index (χ0n) is 18.9. The van der Waals surface area contributed by atoms with E-state index in [1.54, 1.807) is 6.20 Å². The van der Waals surface area contributed by atoms with Crippen molar-refractivity contribution in [2.45, 2.75) is 25.2 Å². The van der Waals surface area contributed by atoms with E-state index in [1.807, 2.05) is 30.0 Å².